The molecule has 0 saturated heterocycles. The van der Waals surface area contributed by atoms with Gasteiger partial charge in [0.2, 0.25) is 5.91 Å². The number of amides is 1. The zero-order valence-corrected chi connectivity index (χ0v) is 20.3. The molecule has 178 valence electrons. The van der Waals surface area contributed by atoms with Gasteiger partial charge in [-0.05, 0) is 37.5 Å². The van der Waals surface area contributed by atoms with Crippen LogP contribution in [0, 0.1) is 6.92 Å². The third-order valence-corrected chi connectivity index (χ3v) is 6.21. The molecule has 0 unspecified atom stereocenters. The van der Waals surface area contributed by atoms with Crippen LogP contribution in [-0.4, -0.2) is 25.0 Å². The first kappa shape index (κ1) is 24.8. The number of carbonyl (C=O) groups excluding carboxylic acids is 1. The lowest BCUT2D eigenvalue weighted by atomic mass is 10.2. The molecule has 1 aromatic carbocycles. The first-order valence-corrected chi connectivity index (χ1v) is 12.0. The van der Waals surface area contributed by atoms with Crippen LogP contribution in [0.3, 0.4) is 0 Å². The highest BCUT2D eigenvalue weighted by atomic mass is 35.5. The lowest BCUT2D eigenvalue weighted by Crippen LogP contribution is -2.31. The van der Waals surface area contributed by atoms with E-state index in [1.165, 1.54) is 4.57 Å². The number of hydrogen-bond acceptors (Lipinski definition) is 4. The largest absolute Gasteiger partial charge is 0.330 e. The van der Waals surface area contributed by atoms with Crippen LogP contribution in [0.1, 0.15) is 63.8 Å². The number of rotatable bonds is 11. The van der Waals surface area contributed by atoms with Crippen molar-refractivity contribution in [3.63, 3.8) is 0 Å². The van der Waals surface area contributed by atoms with Gasteiger partial charge in [0.25, 0.3) is 5.56 Å². The number of halogens is 1. The molecular weight excluding hydrogens is 442 g/mol. The van der Waals surface area contributed by atoms with Gasteiger partial charge >= 0.3 is 5.69 Å². The van der Waals surface area contributed by atoms with Crippen LogP contribution in [-0.2, 0) is 24.3 Å². The van der Waals surface area contributed by atoms with Crippen molar-refractivity contribution in [2.75, 3.05) is 5.32 Å². The molecule has 2 N–H and O–H groups in total. The van der Waals surface area contributed by atoms with Crippen molar-refractivity contribution in [1.29, 1.82) is 0 Å². The van der Waals surface area contributed by atoms with E-state index < -0.39 is 11.2 Å². The van der Waals surface area contributed by atoms with Crippen molar-refractivity contribution >= 4 is 34.4 Å². The van der Waals surface area contributed by atoms with Crippen molar-refractivity contribution < 1.29 is 4.79 Å². The van der Waals surface area contributed by atoms with Gasteiger partial charge < -0.3 is 9.88 Å². The van der Waals surface area contributed by atoms with E-state index in [2.05, 4.69) is 22.2 Å². The molecule has 0 aliphatic heterocycles. The summed E-state index contributed by atoms with van der Waals surface area (Å²) < 4.78 is 3.42. The highest BCUT2D eigenvalue weighted by Crippen LogP contribution is 2.23. The van der Waals surface area contributed by atoms with Gasteiger partial charge in [-0.2, -0.15) is 0 Å². The Kier molecular flexibility index (Phi) is 8.49. The summed E-state index contributed by atoms with van der Waals surface area (Å²) in [4.78, 5) is 44.9. The lowest BCUT2D eigenvalue weighted by Gasteiger charge is -2.11. The van der Waals surface area contributed by atoms with Gasteiger partial charge in [0.15, 0.2) is 11.2 Å². The molecule has 2 heterocycles. The Balaban J connectivity index is 1.91. The van der Waals surface area contributed by atoms with Gasteiger partial charge in [-0.3, -0.25) is 19.1 Å². The van der Waals surface area contributed by atoms with E-state index in [-0.39, 0.29) is 12.3 Å². The summed E-state index contributed by atoms with van der Waals surface area (Å²) in [6, 6.07) is 5.38. The number of H-pyrrole nitrogens is 1. The van der Waals surface area contributed by atoms with E-state index in [0.717, 1.165) is 37.7 Å². The molecule has 0 spiro atoms. The number of benzene rings is 1. The molecule has 0 fully saturated rings. The van der Waals surface area contributed by atoms with Crippen LogP contribution in [0.15, 0.2) is 27.8 Å². The summed E-state index contributed by atoms with van der Waals surface area (Å²) in [6.45, 7) is 7.12. The number of aromatic nitrogens is 4. The predicted octanol–water partition coefficient (Wildman–Crippen LogP) is 4.41. The standard InChI is InChI=1S/C24H32ClN5O3/c1-4-6-8-15-29-19(12-13-20(31)26-18-11-9-10-17(25)16(18)3)27-22-21(29)23(32)28-24(33)30(22)14-7-5-2/h9-11H,4-8,12-15H2,1-3H3,(H,26,31)(H,28,32,33). The molecule has 9 heteroatoms. The van der Waals surface area contributed by atoms with E-state index in [1.54, 1.807) is 12.1 Å². The molecule has 0 bridgehead atoms. The first-order valence-electron chi connectivity index (χ1n) is 11.6. The van der Waals surface area contributed by atoms with Crippen molar-refractivity contribution in [3.05, 3.63) is 55.4 Å². The number of carbonyl (C=O) groups is 1. The molecule has 0 atom stereocenters. The fraction of sp³-hybridized carbons (Fsp3) is 0.500. The maximum Gasteiger partial charge on any atom is 0.330 e. The van der Waals surface area contributed by atoms with Crippen molar-refractivity contribution in [3.8, 4) is 0 Å². The van der Waals surface area contributed by atoms with E-state index >= 15 is 0 Å². The number of aryl methyl sites for hydroxylation is 3. The molecule has 33 heavy (non-hydrogen) atoms. The zero-order chi connectivity index (χ0) is 24.0. The predicted molar refractivity (Wildman–Crippen MR) is 132 cm³/mol. The summed E-state index contributed by atoms with van der Waals surface area (Å²) in [5.41, 5.74) is 1.41. The van der Waals surface area contributed by atoms with Crippen molar-refractivity contribution in [2.45, 2.75) is 78.8 Å². The Morgan fingerprint density at radius 1 is 1.09 bits per heavy atom. The van der Waals surface area contributed by atoms with Gasteiger partial charge in [0, 0.05) is 36.6 Å². The topological polar surface area (TPSA) is 102 Å². The Bertz CT molecular complexity index is 1240. The lowest BCUT2D eigenvalue weighted by molar-refractivity contribution is -0.116. The molecule has 0 aliphatic rings. The van der Waals surface area contributed by atoms with Crippen LogP contribution in [0.4, 0.5) is 5.69 Å². The number of nitrogens with one attached hydrogen (secondary N) is 2. The Morgan fingerprint density at radius 2 is 1.82 bits per heavy atom. The van der Waals surface area contributed by atoms with Crippen LogP contribution < -0.4 is 16.6 Å². The first-order chi connectivity index (χ1) is 15.9. The second-order valence-corrected chi connectivity index (χ2v) is 8.69. The zero-order valence-electron chi connectivity index (χ0n) is 19.5. The second-order valence-electron chi connectivity index (χ2n) is 8.28. The third kappa shape index (κ3) is 5.74. The minimum absolute atomic E-state index is 0.162. The van der Waals surface area contributed by atoms with Gasteiger partial charge in [-0.25, -0.2) is 9.78 Å². The number of imidazole rings is 1. The Morgan fingerprint density at radius 3 is 2.55 bits per heavy atom. The molecule has 0 aliphatic carbocycles. The van der Waals surface area contributed by atoms with Crippen molar-refractivity contribution in [1.82, 2.24) is 19.1 Å². The number of fused-ring (bicyclic) bond motifs is 1. The van der Waals surface area contributed by atoms with Gasteiger partial charge in [-0.1, -0.05) is 50.8 Å². The minimum Gasteiger partial charge on any atom is -0.326 e. The number of aromatic amines is 1. The highest BCUT2D eigenvalue weighted by molar-refractivity contribution is 6.31. The summed E-state index contributed by atoms with van der Waals surface area (Å²) in [7, 11) is 0. The quantitative estimate of drug-likeness (QED) is 0.402. The van der Waals surface area contributed by atoms with Crippen LogP contribution in [0.5, 0.6) is 0 Å². The van der Waals surface area contributed by atoms with E-state index in [0.29, 0.717) is 47.2 Å². The average Bonchev–Trinajstić information content (AvgIpc) is 3.14. The summed E-state index contributed by atoms with van der Waals surface area (Å²) in [5, 5.41) is 3.50. The van der Waals surface area contributed by atoms with Gasteiger partial charge in [0.05, 0.1) is 0 Å². The second kappa shape index (κ2) is 11.3. The molecular formula is C24H32ClN5O3. The summed E-state index contributed by atoms with van der Waals surface area (Å²) in [5.74, 6) is 0.477. The highest BCUT2D eigenvalue weighted by Gasteiger charge is 2.19. The Labute approximate surface area is 198 Å². The number of unbranched alkanes of at least 4 members (excludes halogenated alkanes) is 3. The molecule has 3 rings (SSSR count). The Hall–Kier alpha value is -2.87. The molecule has 0 radical (unpaired) electrons. The minimum atomic E-state index is -0.445. The van der Waals surface area contributed by atoms with E-state index in [9.17, 15) is 14.4 Å². The summed E-state index contributed by atoms with van der Waals surface area (Å²) in [6.07, 6.45) is 5.22. The van der Waals surface area contributed by atoms with Gasteiger partial charge in [-0.15, -0.1) is 0 Å². The van der Waals surface area contributed by atoms with E-state index in [4.69, 9.17) is 11.6 Å². The SMILES string of the molecule is CCCCCn1c(CCC(=O)Nc2cccc(Cl)c2C)nc2c1c(=O)[nH]c(=O)n2CCCC. The fourth-order valence-electron chi connectivity index (χ4n) is 3.87. The van der Waals surface area contributed by atoms with Crippen LogP contribution >= 0.6 is 11.6 Å². The van der Waals surface area contributed by atoms with Crippen LogP contribution in [0.2, 0.25) is 5.02 Å². The maximum atomic E-state index is 12.7. The normalized spacial score (nSPS) is 11.3. The summed E-state index contributed by atoms with van der Waals surface area (Å²) >= 11 is 6.15. The number of anilines is 1. The maximum absolute atomic E-state index is 12.7. The third-order valence-electron chi connectivity index (χ3n) is 5.80. The smallest absolute Gasteiger partial charge is 0.326 e. The molecule has 3 aromatic rings. The van der Waals surface area contributed by atoms with Crippen molar-refractivity contribution in [2.24, 2.45) is 0 Å². The monoisotopic (exact) mass is 473 g/mol. The van der Waals surface area contributed by atoms with Crippen LogP contribution in [0.25, 0.3) is 11.2 Å². The van der Waals surface area contributed by atoms with Gasteiger partial charge in [0.1, 0.15) is 5.82 Å². The fourth-order valence-corrected chi connectivity index (χ4v) is 4.05. The number of hydrogen-bond donors (Lipinski definition) is 2. The molecule has 8 nitrogen and oxygen atoms in total. The number of nitrogens with zero attached hydrogens (tertiary/aromatic N) is 3. The average molecular weight is 474 g/mol. The molecule has 2 aromatic heterocycles. The molecule has 0 saturated carbocycles. The van der Waals surface area contributed by atoms with E-state index in [1.807, 2.05) is 24.5 Å². The molecule has 1 amide bonds.